The van der Waals surface area contributed by atoms with E-state index in [0.29, 0.717) is 36.3 Å². The van der Waals surface area contributed by atoms with Crippen molar-refractivity contribution in [1.82, 2.24) is 9.88 Å². The van der Waals surface area contributed by atoms with Gasteiger partial charge in [-0.05, 0) is 43.7 Å². The van der Waals surface area contributed by atoms with Gasteiger partial charge in [0.05, 0.1) is 28.3 Å². The van der Waals surface area contributed by atoms with E-state index in [0.717, 1.165) is 35.4 Å². The number of morpholine rings is 1. The molecule has 10 heteroatoms. The molecule has 1 aromatic heterocycles. The maximum Gasteiger partial charge on any atom is 0.244 e. The third kappa shape index (κ3) is 6.10. The van der Waals surface area contributed by atoms with Crippen LogP contribution in [0.25, 0.3) is 10.2 Å². The van der Waals surface area contributed by atoms with E-state index < -0.39 is 21.5 Å². The summed E-state index contributed by atoms with van der Waals surface area (Å²) in [6.45, 7) is 6.19. The third-order valence-electron chi connectivity index (χ3n) is 5.52. The smallest absolute Gasteiger partial charge is 0.244 e. The molecule has 1 saturated heterocycles. The Kier molecular flexibility index (Phi) is 7.65. The molecule has 1 aliphatic heterocycles. The summed E-state index contributed by atoms with van der Waals surface area (Å²) in [7, 11) is -3.77. The highest BCUT2D eigenvalue weighted by Crippen LogP contribution is 2.31. The van der Waals surface area contributed by atoms with Crippen molar-refractivity contribution in [1.29, 1.82) is 0 Å². The molecule has 0 bridgehead atoms. The fraction of sp³-hybridized carbons (Fsp3) is 0.391. The van der Waals surface area contributed by atoms with E-state index in [1.165, 1.54) is 16.2 Å². The number of aryl methyl sites for hydroxylation is 1. The first-order valence-corrected chi connectivity index (χ1v) is 13.6. The van der Waals surface area contributed by atoms with Gasteiger partial charge in [-0.3, -0.25) is 14.6 Å². The van der Waals surface area contributed by atoms with Crippen molar-refractivity contribution < 1.29 is 17.9 Å². The number of fused-ring (bicyclic) bond motifs is 1. The van der Waals surface area contributed by atoms with Gasteiger partial charge in [0.25, 0.3) is 0 Å². The number of carbonyl (C=O) groups excluding carboxylic acids is 1. The van der Waals surface area contributed by atoms with Gasteiger partial charge in [0, 0.05) is 31.2 Å². The number of thiazole rings is 1. The van der Waals surface area contributed by atoms with Gasteiger partial charge in [-0.25, -0.2) is 13.4 Å². The lowest BCUT2D eigenvalue weighted by Gasteiger charge is -2.27. The molecule has 3 aromatic rings. The second-order valence-corrected chi connectivity index (χ2v) is 11.5. The first kappa shape index (κ1) is 24.1. The number of carbonyl (C=O) groups is 1. The summed E-state index contributed by atoms with van der Waals surface area (Å²) in [6, 6.07) is 11.9. The second kappa shape index (κ2) is 10.5. The van der Waals surface area contributed by atoms with Crippen LogP contribution in [-0.4, -0.2) is 69.4 Å². The van der Waals surface area contributed by atoms with E-state index in [9.17, 15) is 13.2 Å². The lowest BCUT2D eigenvalue weighted by Crippen LogP contribution is -2.40. The van der Waals surface area contributed by atoms with Crippen LogP contribution in [0.2, 0.25) is 5.02 Å². The lowest BCUT2D eigenvalue weighted by molar-refractivity contribution is -0.116. The van der Waals surface area contributed by atoms with Crippen LogP contribution in [-0.2, 0) is 19.4 Å². The maximum atomic E-state index is 13.3. The number of hydrogen-bond donors (Lipinski definition) is 0. The molecule has 2 heterocycles. The van der Waals surface area contributed by atoms with Crippen LogP contribution in [0.15, 0.2) is 47.4 Å². The molecule has 0 atom stereocenters. The number of anilines is 1. The van der Waals surface area contributed by atoms with E-state index in [4.69, 9.17) is 16.3 Å². The molecule has 0 N–H and O–H groups in total. The van der Waals surface area contributed by atoms with E-state index in [-0.39, 0.29) is 4.90 Å². The van der Waals surface area contributed by atoms with E-state index in [2.05, 4.69) is 9.88 Å². The van der Waals surface area contributed by atoms with Gasteiger partial charge in [-0.2, -0.15) is 0 Å². The number of sulfone groups is 1. The zero-order valence-corrected chi connectivity index (χ0v) is 20.8. The summed E-state index contributed by atoms with van der Waals surface area (Å²) in [5, 5.41) is 1.07. The van der Waals surface area contributed by atoms with Crippen LogP contribution >= 0.6 is 22.9 Å². The molecule has 1 aliphatic rings. The molecule has 0 spiro atoms. The molecule has 4 rings (SSSR count). The highest BCUT2D eigenvalue weighted by molar-refractivity contribution is 7.92. The number of rotatable bonds is 8. The molecule has 176 valence electrons. The SMILES string of the molecule is Cc1ccc(S(=O)(=O)CC(=O)N(CCCN2CCOCC2)c2nc3ccc(Cl)cc3s2)cc1. The Labute approximate surface area is 202 Å². The van der Waals surface area contributed by atoms with Gasteiger partial charge in [-0.15, -0.1) is 0 Å². The molecule has 0 unspecified atom stereocenters. The molecule has 0 radical (unpaired) electrons. The van der Waals surface area contributed by atoms with Crippen LogP contribution in [0.4, 0.5) is 5.13 Å². The average molecular weight is 508 g/mol. The normalized spacial score (nSPS) is 15.1. The zero-order chi connectivity index (χ0) is 23.4. The van der Waals surface area contributed by atoms with Gasteiger partial charge in [0.2, 0.25) is 5.91 Å². The molecular formula is C23H26ClN3O4S2. The summed E-state index contributed by atoms with van der Waals surface area (Å²) in [5.41, 5.74) is 1.69. The van der Waals surface area contributed by atoms with Crippen molar-refractivity contribution in [3.63, 3.8) is 0 Å². The molecule has 2 aromatic carbocycles. The number of halogens is 1. The van der Waals surface area contributed by atoms with Gasteiger partial charge in [0.1, 0.15) is 5.75 Å². The van der Waals surface area contributed by atoms with Crippen molar-refractivity contribution in [3.8, 4) is 0 Å². The summed E-state index contributed by atoms with van der Waals surface area (Å²) in [5.74, 6) is -1.09. The molecule has 33 heavy (non-hydrogen) atoms. The van der Waals surface area contributed by atoms with Gasteiger partial charge >= 0.3 is 0 Å². The topological polar surface area (TPSA) is 79.8 Å². The Hall–Kier alpha value is -2.04. The Bertz CT molecular complexity index is 1220. The number of aromatic nitrogens is 1. The Balaban J connectivity index is 1.55. The predicted octanol–water partition coefficient (Wildman–Crippen LogP) is 3.79. The summed E-state index contributed by atoms with van der Waals surface area (Å²) >= 11 is 7.45. The molecular weight excluding hydrogens is 482 g/mol. The van der Waals surface area contributed by atoms with E-state index >= 15 is 0 Å². The van der Waals surface area contributed by atoms with Gasteiger partial charge in [-0.1, -0.05) is 40.6 Å². The molecule has 1 amide bonds. The van der Waals surface area contributed by atoms with Gasteiger partial charge in [0.15, 0.2) is 15.0 Å². The van der Waals surface area contributed by atoms with Crippen molar-refractivity contribution in [2.24, 2.45) is 0 Å². The molecule has 1 fully saturated rings. The summed E-state index contributed by atoms with van der Waals surface area (Å²) < 4.78 is 32.1. The number of hydrogen-bond acceptors (Lipinski definition) is 7. The standard InChI is InChI=1S/C23H26ClN3O4S2/c1-17-3-6-19(7-4-17)33(29,30)16-22(28)27(10-2-9-26-11-13-31-14-12-26)23-25-20-8-5-18(24)15-21(20)32-23/h3-8,15H,2,9-14,16H2,1H3. The van der Waals surface area contributed by atoms with Crippen molar-refractivity contribution in [3.05, 3.63) is 53.1 Å². The molecule has 7 nitrogen and oxygen atoms in total. The van der Waals surface area contributed by atoms with Crippen LogP contribution in [0.3, 0.4) is 0 Å². The van der Waals surface area contributed by atoms with Crippen LogP contribution in [0, 0.1) is 6.92 Å². The minimum atomic E-state index is -3.77. The van der Waals surface area contributed by atoms with E-state index in [1.54, 1.807) is 42.5 Å². The van der Waals surface area contributed by atoms with E-state index in [1.807, 2.05) is 6.92 Å². The first-order chi connectivity index (χ1) is 15.8. The first-order valence-electron chi connectivity index (χ1n) is 10.8. The molecule has 0 aliphatic carbocycles. The number of benzene rings is 2. The zero-order valence-electron chi connectivity index (χ0n) is 18.4. The minimum Gasteiger partial charge on any atom is -0.379 e. The summed E-state index contributed by atoms with van der Waals surface area (Å²) in [4.78, 5) is 21.8. The largest absolute Gasteiger partial charge is 0.379 e. The third-order valence-corrected chi connectivity index (χ3v) is 8.42. The predicted molar refractivity (Wildman–Crippen MR) is 132 cm³/mol. The summed E-state index contributed by atoms with van der Waals surface area (Å²) in [6.07, 6.45) is 0.701. The lowest BCUT2D eigenvalue weighted by atomic mass is 10.2. The molecule has 0 saturated carbocycles. The van der Waals surface area contributed by atoms with Crippen molar-refractivity contribution in [2.45, 2.75) is 18.2 Å². The van der Waals surface area contributed by atoms with Crippen molar-refractivity contribution in [2.75, 3.05) is 50.0 Å². The number of nitrogens with zero attached hydrogens (tertiary/aromatic N) is 3. The van der Waals surface area contributed by atoms with Crippen molar-refractivity contribution >= 4 is 54.0 Å². The fourth-order valence-electron chi connectivity index (χ4n) is 3.68. The highest BCUT2D eigenvalue weighted by atomic mass is 35.5. The minimum absolute atomic E-state index is 0.144. The van der Waals surface area contributed by atoms with Gasteiger partial charge < -0.3 is 4.74 Å². The quantitative estimate of drug-likeness (QED) is 0.461. The second-order valence-electron chi connectivity index (χ2n) is 8.03. The van der Waals surface area contributed by atoms with Crippen LogP contribution in [0.5, 0.6) is 0 Å². The fourth-order valence-corrected chi connectivity index (χ4v) is 6.16. The van der Waals surface area contributed by atoms with Crippen LogP contribution in [0.1, 0.15) is 12.0 Å². The maximum absolute atomic E-state index is 13.3. The Morgan fingerprint density at radius 2 is 1.91 bits per heavy atom. The highest BCUT2D eigenvalue weighted by Gasteiger charge is 2.26. The number of amides is 1. The Morgan fingerprint density at radius 1 is 1.18 bits per heavy atom. The van der Waals surface area contributed by atoms with Crippen LogP contribution < -0.4 is 4.90 Å². The monoisotopic (exact) mass is 507 g/mol. The number of ether oxygens (including phenoxy) is 1. The average Bonchev–Trinajstić information content (AvgIpc) is 3.20. The Morgan fingerprint density at radius 3 is 2.64 bits per heavy atom.